The fourth-order valence-corrected chi connectivity index (χ4v) is 1.67. The summed E-state index contributed by atoms with van der Waals surface area (Å²) in [6.45, 7) is 0. The first kappa shape index (κ1) is 13.9. The Morgan fingerprint density at radius 3 is 2.60 bits per heavy atom. The molecule has 1 aromatic carbocycles. The average molecular weight is 340 g/mol. The van der Waals surface area contributed by atoms with E-state index in [1.54, 1.807) is 6.07 Å². The molecule has 0 saturated heterocycles. The zero-order chi connectivity index (χ0) is 14.7. The van der Waals surface area contributed by atoms with Gasteiger partial charge in [-0.05, 0) is 18.2 Å². The van der Waals surface area contributed by atoms with Crippen molar-refractivity contribution in [2.75, 3.05) is 0 Å². The summed E-state index contributed by atoms with van der Waals surface area (Å²) < 4.78 is 5.76. The molecular formula is C11H6BrN3O5. The number of nitro groups is 1. The summed E-state index contributed by atoms with van der Waals surface area (Å²) >= 11 is 3.12. The molecule has 20 heavy (non-hydrogen) atoms. The van der Waals surface area contributed by atoms with Gasteiger partial charge < -0.3 is 9.84 Å². The van der Waals surface area contributed by atoms with E-state index < -0.39 is 10.9 Å². The molecule has 9 heteroatoms. The second-order valence-corrected chi connectivity index (χ2v) is 4.45. The van der Waals surface area contributed by atoms with Gasteiger partial charge in [-0.3, -0.25) is 10.1 Å². The van der Waals surface area contributed by atoms with E-state index in [1.165, 1.54) is 24.3 Å². The van der Waals surface area contributed by atoms with Crippen LogP contribution in [0, 0.1) is 10.1 Å². The largest absolute Gasteiger partial charge is 0.476 e. The van der Waals surface area contributed by atoms with E-state index in [0.29, 0.717) is 4.47 Å². The van der Waals surface area contributed by atoms with Crippen LogP contribution in [-0.2, 0) is 0 Å². The third-order valence-electron chi connectivity index (χ3n) is 2.19. The van der Waals surface area contributed by atoms with E-state index in [-0.39, 0.29) is 23.0 Å². The van der Waals surface area contributed by atoms with E-state index in [2.05, 4.69) is 26.1 Å². The van der Waals surface area contributed by atoms with Gasteiger partial charge in [0.15, 0.2) is 5.69 Å². The molecule has 0 saturated carbocycles. The first-order valence-corrected chi connectivity index (χ1v) is 5.95. The number of halogens is 1. The van der Waals surface area contributed by atoms with Gasteiger partial charge in [0.2, 0.25) is 11.6 Å². The SMILES string of the molecule is O=C(O)c1ccc(Oc2ccc(Br)cc2[N+](=O)[O-])nn1. The number of hydrogen-bond donors (Lipinski definition) is 1. The molecular weight excluding hydrogens is 334 g/mol. The third kappa shape index (κ3) is 3.06. The van der Waals surface area contributed by atoms with Gasteiger partial charge in [-0.15, -0.1) is 10.2 Å². The van der Waals surface area contributed by atoms with Crippen LogP contribution in [0.4, 0.5) is 5.69 Å². The van der Waals surface area contributed by atoms with Gasteiger partial charge in [-0.2, -0.15) is 0 Å². The van der Waals surface area contributed by atoms with Crippen LogP contribution in [0.5, 0.6) is 11.6 Å². The van der Waals surface area contributed by atoms with Crippen LogP contribution in [-0.4, -0.2) is 26.2 Å². The number of aromatic carboxylic acids is 1. The van der Waals surface area contributed by atoms with Gasteiger partial charge >= 0.3 is 11.7 Å². The number of hydrogen-bond acceptors (Lipinski definition) is 6. The van der Waals surface area contributed by atoms with Crippen LogP contribution in [0.25, 0.3) is 0 Å². The zero-order valence-electron chi connectivity index (χ0n) is 9.69. The molecule has 0 fully saturated rings. The van der Waals surface area contributed by atoms with Crippen molar-refractivity contribution in [1.82, 2.24) is 10.2 Å². The molecule has 0 bridgehead atoms. The van der Waals surface area contributed by atoms with Crippen LogP contribution >= 0.6 is 15.9 Å². The van der Waals surface area contributed by atoms with Gasteiger partial charge in [0.1, 0.15) is 0 Å². The van der Waals surface area contributed by atoms with Crippen molar-refractivity contribution in [1.29, 1.82) is 0 Å². The number of nitrogens with zero attached hydrogens (tertiary/aromatic N) is 3. The van der Waals surface area contributed by atoms with Crippen molar-refractivity contribution in [2.24, 2.45) is 0 Å². The smallest absolute Gasteiger partial charge is 0.356 e. The van der Waals surface area contributed by atoms with Crippen LogP contribution < -0.4 is 4.74 Å². The molecule has 0 aliphatic heterocycles. The molecule has 0 unspecified atom stereocenters. The molecule has 2 aromatic rings. The Balaban J connectivity index is 2.30. The summed E-state index contributed by atoms with van der Waals surface area (Å²) in [7, 11) is 0. The minimum absolute atomic E-state index is 0.0180. The minimum atomic E-state index is -1.22. The summed E-state index contributed by atoms with van der Waals surface area (Å²) in [6.07, 6.45) is 0. The zero-order valence-corrected chi connectivity index (χ0v) is 11.3. The second kappa shape index (κ2) is 5.61. The maximum Gasteiger partial charge on any atom is 0.356 e. The molecule has 0 radical (unpaired) electrons. The summed E-state index contributed by atoms with van der Waals surface area (Å²) in [5.74, 6) is -1.28. The van der Waals surface area contributed by atoms with Gasteiger partial charge in [-0.1, -0.05) is 15.9 Å². The number of nitro benzene ring substituents is 1. The van der Waals surface area contributed by atoms with Crippen molar-refractivity contribution in [3.8, 4) is 11.6 Å². The lowest BCUT2D eigenvalue weighted by molar-refractivity contribution is -0.385. The molecule has 0 atom stereocenters. The molecule has 1 N–H and O–H groups in total. The fourth-order valence-electron chi connectivity index (χ4n) is 1.32. The average Bonchev–Trinajstić information content (AvgIpc) is 2.41. The van der Waals surface area contributed by atoms with Gasteiger partial charge in [0.05, 0.1) is 4.92 Å². The van der Waals surface area contributed by atoms with E-state index >= 15 is 0 Å². The van der Waals surface area contributed by atoms with Crippen LogP contribution in [0.3, 0.4) is 0 Å². The highest BCUT2D eigenvalue weighted by molar-refractivity contribution is 9.10. The molecule has 8 nitrogen and oxygen atoms in total. The van der Waals surface area contributed by atoms with Gasteiger partial charge in [0.25, 0.3) is 0 Å². The van der Waals surface area contributed by atoms with Crippen molar-refractivity contribution in [2.45, 2.75) is 0 Å². The first-order chi connectivity index (χ1) is 9.47. The summed E-state index contributed by atoms with van der Waals surface area (Å²) in [5, 5.41) is 26.5. The van der Waals surface area contributed by atoms with E-state index in [9.17, 15) is 14.9 Å². The topological polar surface area (TPSA) is 115 Å². The molecule has 2 rings (SSSR count). The number of aromatic nitrogens is 2. The van der Waals surface area contributed by atoms with Crippen LogP contribution in [0.15, 0.2) is 34.8 Å². The number of carboxylic acids is 1. The molecule has 0 aliphatic rings. The third-order valence-corrected chi connectivity index (χ3v) is 2.68. The fraction of sp³-hybridized carbons (Fsp3) is 0. The molecule has 0 aliphatic carbocycles. The Bertz CT molecular complexity index is 674. The minimum Gasteiger partial charge on any atom is -0.476 e. The standard InChI is InChI=1S/C11H6BrN3O5/c12-6-1-3-9(8(5-6)15(18)19)20-10-4-2-7(11(16)17)13-14-10/h1-5H,(H,16,17). The lowest BCUT2D eigenvalue weighted by Gasteiger charge is -2.05. The molecule has 1 heterocycles. The predicted octanol–water partition coefficient (Wildman–Crippen LogP) is 2.64. The van der Waals surface area contributed by atoms with E-state index in [1.807, 2.05) is 0 Å². The monoisotopic (exact) mass is 339 g/mol. The first-order valence-electron chi connectivity index (χ1n) is 5.16. The maximum atomic E-state index is 10.9. The van der Waals surface area contributed by atoms with Crippen molar-refractivity contribution >= 4 is 27.6 Å². The summed E-state index contributed by atoms with van der Waals surface area (Å²) in [6, 6.07) is 6.71. The highest BCUT2D eigenvalue weighted by Gasteiger charge is 2.17. The lowest BCUT2D eigenvalue weighted by Crippen LogP contribution is -2.02. The Hall–Kier alpha value is -2.55. The summed E-state index contributed by atoms with van der Waals surface area (Å²) in [4.78, 5) is 20.9. The quantitative estimate of drug-likeness (QED) is 0.672. The number of benzene rings is 1. The van der Waals surface area contributed by atoms with Crippen LogP contribution in [0.1, 0.15) is 10.5 Å². The molecule has 0 amide bonds. The molecule has 1 aromatic heterocycles. The van der Waals surface area contributed by atoms with Gasteiger partial charge in [0, 0.05) is 16.6 Å². The highest BCUT2D eigenvalue weighted by atomic mass is 79.9. The second-order valence-electron chi connectivity index (χ2n) is 3.53. The molecule has 102 valence electrons. The van der Waals surface area contributed by atoms with Crippen molar-refractivity contribution in [3.05, 3.63) is 50.6 Å². The van der Waals surface area contributed by atoms with Crippen molar-refractivity contribution in [3.63, 3.8) is 0 Å². The predicted molar refractivity (Wildman–Crippen MR) is 69.9 cm³/mol. The Morgan fingerprint density at radius 1 is 1.30 bits per heavy atom. The number of carboxylic acid groups (broad SMARTS) is 1. The lowest BCUT2D eigenvalue weighted by atomic mass is 10.3. The van der Waals surface area contributed by atoms with E-state index in [4.69, 9.17) is 9.84 Å². The van der Waals surface area contributed by atoms with Gasteiger partial charge in [-0.25, -0.2) is 4.79 Å². The van der Waals surface area contributed by atoms with Crippen LogP contribution in [0.2, 0.25) is 0 Å². The number of rotatable bonds is 4. The number of ether oxygens (including phenoxy) is 1. The highest BCUT2D eigenvalue weighted by Crippen LogP contribution is 2.32. The maximum absolute atomic E-state index is 10.9. The Morgan fingerprint density at radius 2 is 2.05 bits per heavy atom. The number of carbonyl (C=O) groups is 1. The molecule has 0 spiro atoms. The Labute approximate surface area is 120 Å². The summed E-state index contributed by atoms with van der Waals surface area (Å²) in [5.41, 5.74) is -0.494. The van der Waals surface area contributed by atoms with Crippen molar-refractivity contribution < 1.29 is 19.6 Å². The van der Waals surface area contributed by atoms with E-state index in [0.717, 1.165) is 0 Å². The Kier molecular flexibility index (Phi) is 3.89. The normalized spacial score (nSPS) is 10.1.